The van der Waals surface area contributed by atoms with Crippen LogP contribution in [0.5, 0.6) is 0 Å². The molecule has 0 rings (SSSR count). The highest BCUT2D eigenvalue weighted by Gasteiger charge is 2.22. The minimum Gasteiger partial charge on any atom is -0.465 e. The molecule has 0 saturated heterocycles. The topological polar surface area (TPSA) is 134 Å². The lowest BCUT2D eigenvalue weighted by Gasteiger charge is -2.26. The monoisotopic (exact) mass is 263 g/mol. The number of hydrogen-bond donors (Lipinski definition) is 5. The standard InChI is InChI=1S/C10H21N3O5/c1-6(13-10(16)17)7(4-11)3-8(18-2)5-12-9(14)15/h6-8,12-13H,3-5,11H2,1-2H3,(H,14,15)(H,16,17)/t6-,7+,8?/m1/s1. The van der Waals surface area contributed by atoms with E-state index in [1.807, 2.05) is 0 Å². The van der Waals surface area contributed by atoms with Gasteiger partial charge in [0.05, 0.1) is 6.10 Å². The summed E-state index contributed by atoms with van der Waals surface area (Å²) < 4.78 is 5.13. The van der Waals surface area contributed by atoms with Crippen LogP contribution in [0, 0.1) is 5.92 Å². The Morgan fingerprint density at radius 2 is 1.94 bits per heavy atom. The van der Waals surface area contributed by atoms with Crippen LogP contribution in [0.2, 0.25) is 0 Å². The lowest BCUT2D eigenvalue weighted by atomic mass is 9.94. The summed E-state index contributed by atoms with van der Waals surface area (Å²) in [6.45, 7) is 2.14. The Bertz CT molecular complexity index is 274. The summed E-state index contributed by atoms with van der Waals surface area (Å²) in [5.41, 5.74) is 5.58. The number of ether oxygens (including phenoxy) is 1. The minimum absolute atomic E-state index is 0.123. The first kappa shape index (κ1) is 16.5. The number of methoxy groups -OCH3 is 1. The Hall–Kier alpha value is -1.54. The molecule has 0 fully saturated rings. The SMILES string of the molecule is COC(CNC(=O)O)C[C@@H](CN)[C@@H](C)NC(=O)O. The molecule has 2 amide bonds. The second-order valence-corrected chi connectivity index (χ2v) is 4.01. The van der Waals surface area contributed by atoms with Gasteiger partial charge in [-0.05, 0) is 25.8 Å². The van der Waals surface area contributed by atoms with Crippen molar-refractivity contribution >= 4 is 12.2 Å². The van der Waals surface area contributed by atoms with E-state index >= 15 is 0 Å². The summed E-state index contributed by atoms with van der Waals surface area (Å²) in [7, 11) is 1.47. The maximum Gasteiger partial charge on any atom is 0.404 e. The van der Waals surface area contributed by atoms with Gasteiger partial charge in [0.25, 0.3) is 0 Å². The highest BCUT2D eigenvalue weighted by molar-refractivity contribution is 5.65. The third-order valence-corrected chi connectivity index (χ3v) is 2.74. The number of nitrogens with one attached hydrogen (secondary N) is 2. The fraction of sp³-hybridized carbons (Fsp3) is 0.800. The Morgan fingerprint density at radius 1 is 1.33 bits per heavy atom. The average Bonchev–Trinajstić information content (AvgIpc) is 2.28. The molecule has 1 unspecified atom stereocenters. The van der Waals surface area contributed by atoms with Crippen molar-refractivity contribution in [3.05, 3.63) is 0 Å². The molecule has 0 bridgehead atoms. The van der Waals surface area contributed by atoms with E-state index in [-0.39, 0.29) is 31.2 Å². The molecule has 0 aliphatic rings. The summed E-state index contributed by atoms with van der Waals surface area (Å²) in [6, 6.07) is -0.324. The first-order chi connectivity index (χ1) is 8.40. The molecule has 0 aliphatic heterocycles. The van der Waals surface area contributed by atoms with Gasteiger partial charge in [-0.25, -0.2) is 9.59 Å². The second-order valence-electron chi connectivity index (χ2n) is 4.01. The van der Waals surface area contributed by atoms with E-state index in [2.05, 4.69) is 10.6 Å². The number of nitrogens with two attached hydrogens (primary N) is 1. The predicted octanol–water partition coefficient (Wildman–Crippen LogP) is -0.110. The smallest absolute Gasteiger partial charge is 0.404 e. The van der Waals surface area contributed by atoms with E-state index < -0.39 is 12.2 Å². The molecular weight excluding hydrogens is 242 g/mol. The number of carbonyl (C=O) groups is 2. The van der Waals surface area contributed by atoms with Gasteiger partial charge in [-0.3, -0.25) is 0 Å². The van der Waals surface area contributed by atoms with Crippen molar-refractivity contribution in [2.24, 2.45) is 11.7 Å². The molecular formula is C10H21N3O5. The molecule has 0 aromatic rings. The van der Waals surface area contributed by atoms with Crippen LogP contribution < -0.4 is 16.4 Å². The number of amides is 2. The molecule has 0 heterocycles. The van der Waals surface area contributed by atoms with E-state index in [0.717, 1.165) is 0 Å². The van der Waals surface area contributed by atoms with E-state index in [4.69, 9.17) is 20.7 Å². The molecule has 0 aromatic carbocycles. The zero-order chi connectivity index (χ0) is 14.1. The largest absolute Gasteiger partial charge is 0.465 e. The van der Waals surface area contributed by atoms with E-state index in [9.17, 15) is 9.59 Å². The van der Waals surface area contributed by atoms with Gasteiger partial charge in [-0.1, -0.05) is 0 Å². The minimum atomic E-state index is -1.13. The maximum atomic E-state index is 10.5. The van der Waals surface area contributed by atoms with Crippen molar-refractivity contribution in [3.63, 3.8) is 0 Å². The lowest BCUT2D eigenvalue weighted by Crippen LogP contribution is -2.43. The number of hydrogen-bond acceptors (Lipinski definition) is 4. The number of carboxylic acid groups (broad SMARTS) is 2. The fourth-order valence-corrected chi connectivity index (χ4v) is 1.62. The summed E-state index contributed by atoms with van der Waals surface area (Å²) in [5, 5.41) is 21.7. The van der Waals surface area contributed by atoms with E-state index in [1.54, 1.807) is 6.92 Å². The van der Waals surface area contributed by atoms with E-state index in [1.165, 1.54) is 7.11 Å². The highest BCUT2D eigenvalue weighted by atomic mass is 16.5. The Kier molecular flexibility index (Phi) is 7.81. The van der Waals surface area contributed by atoms with Gasteiger partial charge in [0.1, 0.15) is 0 Å². The third-order valence-electron chi connectivity index (χ3n) is 2.74. The van der Waals surface area contributed by atoms with Crippen LogP contribution in [0.4, 0.5) is 9.59 Å². The quantitative estimate of drug-likeness (QED) is 0.415. The highest BCUT2D eigenvalue weighted by Crippen LogP contribution is 2.12. The molecule has 0 aromatic heterocycles. The Morgan fingerprint density at radius 3 is 2.33 bits per heavy atom. The second kappa shape index (κ2) is 8.54. The molecule has 6 N–H and O–H groups in total. The van der Waals surface area contributed by atoms with Crippen molar-refractivity contribution in [1.29, 1.82) is 0 Å². The summed E-state index contributed by atoms with van der Waals surface area (Å²) in [6.07, 6.45) is -2.11. The van der Waals surface area contributed by atoms with Gasteiger partial charge in [-0.15, -0.1) is 0 Å². The van der Waals surface area contributed by atoms with Crippen molar-refractivity contribution < 1.29 is 24.5 Å². The molecule has 106 valence electrons. The van der Waals surface area contributed by atoms with Crippen LogP contribution in [-0.2, 0) is 4.74 Å². The molecule has 0 saturated carbocycles. The fourth-order valence-electron chi connectivity index (χ4n) is 1.62. The van der Waals surface area contributed by atoms with Crippen LogP contribution in [0.25, 0.3) is 0 Å². The predicted molar refractivity (Wildman–Crippen MR) is 64.6 cm³/mol. The lowest BCUT2D eigenvalue weighted by molar-refractivity contribution is 0.0744. The van der Waals surface area contributed by atoms with Crippen LogP contribution in [0.1, 0.15) is 13.3 Å². The molecule has 0 radical (unpaired) electrons. The maximum absolute atomic E-state index is 10.5. The van der Waals surface area contributed by atoms with Crippen LogP contribution in [0.3, 0.4) is 0 Å². The van der Waals surface area contributed by atoms with Crippen molar-refractivity contribution in [1.82, 2.24) is 10.6 Å². The summed E-state index contributed by atoms with van der Waals surface area (Å²) in [5.74, 6) is -0.123. The molecule has 8 nitrogen and oxygen atoms in total. The molecule has 0 spiro atoms. The van der Waals surface area contributed by atoms with Crippen LogP contribution >= 0.6 is 0 Å². The number of rotatable bonds is 8. The first-order valence-corrected chi connectivity index (χ1v) is 5.59. The Balaban J connectivity index is 4.29. The van der Waals surface area contributed by atoms with Gasteiger partial charge >= 0.3 is 12.2 Å². The van der Waals surface area contributed by atoms with E-state index in [0.29, 0.717) is 6.42 Å². The average molecular weight is 263 g/mol. The summed E-state index contributed by atoms with van der Waals surface area (Å²) in [4.78, 5) is 20.9. The molecule has 8 heteroatoms. The van der Waals surface area contributed by atoms with Crippen LogP contribution in [0.15, 0.2) is 0 Å². The third kappa shape index (κ3) is 6.92. The van der Waals surface area contributed by atoms with Gasteiger partial charge in [0.2, 0.25) is 0 Å². The normalized spacial score (nSPS) is 15.5. The van der Waals surface area contributed by atoms with Gasteiger partial charge in [0.15, 0.2) is 0 Å². The van der Waals surface area contributed by atoms with Crippen LogP contribution in [-0.4, -0.2) is 54.7 Å². The zero-order valence-electron chi connectivity index (χ0n) is 10.5. The van der Waals surface area contributed by atoms with Crippen molar-refractivity contribution in [2.45, 2.75) is 25.5 Å². The van der Waals surface area contributed by atoms with Gasteiger partial charge < -0.3 is 31.3 Å². The molecule has 18 heavy (non-hydrogen) atoms. The Labute approximate surface area is 105 Å². The molecule has 0 aliphatic carbocycles. The zero-order valence-corrected chi connectivity index (χ0v) is 10.5. The summed E-state index contributed by atoms with van der Waals surface area (Å²) >= 11 is 0. The van der Waals surface area contributed by atoms with Gasteiger partial charge in [-0.2, -0.15) is 0 Å². The van der Waals surface area contributed by atoms with Crippen molar-refractivity contribution in [2.75, 3.05) is 20.2 Å². The molecule has 3 atom stereocenters. The first-order valence-electron chi connectivity index (χ1n) is 5.59. The van der Waals surface area contributed by atoms with Gasteiger partial charge in [0, 0.05) is 19.7 Å². The van der Waals surface area contributed by atoms with Crippen molar-refractivity contribution in [3.8, 4) is 0 Å².